The van der Waals surface area contributed by atoms with Gasteiger partial charge < -0.3 is 18.9 Å². The molecule has 328 valence electrons. The van der Waals surface area contributed by atoms with Crippen molar-refractivity contribution in [1.29, 1.82) is 0 Å². The highest BCUT2D eigenvalue weighted by molar-refractivity contribution is 7.85. The molecule has 0 bridgehead atoms. The van der Waals surface area contributed by atoms with Crippen molar-refractivity contribution in [2.45, 2.75) is 69.2 Å². The summed E-state index contributed by atoms with van der Waals surface area (Å²) >= 11 is 0. The van der Waals surface area contributed by atoms with E-state index in [1.165, 1.54) is 0 Å². The largest absolute Gasteiger partial charge is 0.448 e. The molecular weight excluding hydrogens is 843 g/mol. The number of benzene rings is 4. The van der Waals surface area contributed by atoms with Crippen LogP contribution in [0.15, 0.2) is 48.5 Å². The number of ether oxygens (including phenoxy) is 4. The fraction of sp³-hybridized carbons (Fsp3) is 0.300. The Morgan fingerprint density at radius 2 is 0.859 bits per heavy atom. The van der Waals surface area contributed by atoms with Gasteiger partial charge in [-0.15, -0.1) is 0 Å². The molecule has 1 N–H and O–H groups in total. The SMILES string of the molecule is BCc1cc(CB)c(CB)c(C(=O)Oc2cc(OC(=O)c3cc(CB)cc(CB)c3CB)c(C(=O)OC(CS(=O)(=O)O)C(F)(F)F)c(OC(=O)c3cc(CB)cc(CB)c3CB)c2)c1. The molecule has 4 aromatic carbocycles. The quantitative estimate of drug-likeness (QED) is 0.0460. The van der Waals surface area contributed by atoms with Crippen LogP contribution in [0.2, 0.25) is 0 Å². The lowest BCUT2D eigenvalue weighted by Crippen LogP contribution is -2.39. The predicted molar refractivity (Wildman–Crippen MR) is 263 cm³/mol. The van der Waals surface area contributed by atoms with Gasteiger partial charge in [0, 0.05) is 12.1 Å². The lowest BCUT2D eigenvalue weighted by Gasteiger charge is -2.22. The van der Waals surface area contributed by atoms with Crippen molar-refractivity contribution in [2.75, 3.05) is 5.75 Å². The number of carbonyl (C=O) groups is 4. The third-order valence-corrected chi connectivity index (χ3v) is 11.9. The number of hydrogen-bond acceptors (Lipinski definition) is 10. The third-order valence-electron chi connectivity index (χ3n) is 11.1. The lowest BCUT2D eigenvalue weighted by atomic mass is 9.81. The highest BCUT2D eigenvalue weighted by Gasteiger charge is 2.46. The van der Waals surface area contributed by atoms with Gasteiger partial charge in [0.2, 0.25) is 6.10 Å². The minimum atomic E-state index is -5.53. The van der Waals surface area contributed by atoms with E-state index in [0.29, 0.717) is 73.6 Å². The zero-order valence-corrected chi connectivity index (χ0v) is 38.7. The number of hydrogen-bond donors (Lipinski definition) is 1. The van der Waals surface area contributed by atoms with Crippen molar-refractivity contribution in [2.24, 2.45) is 0 Å². The molecule has 0 aliphatic rings. The van der Waals surface area contributed by atoms with Crippen LogP contribution in [-0.2, 0) is 71.7 Å². The standard InChI is InChI=1S/C40H48B9F3O11S/c41-9-19-1-22(12-44)29(15-47)26(4-19)36(53)60-25-7-32(61-37(54)27-5-20(10-42)2-23(13-45)30(27)16-48)35(39(56)63-34(40(50,51)52)18-64(57,58)59)33(8-25)62-38(55)28-6-21(11-43)3-24(14-46)31(28)17-49/h1-8,34H,9-18,41-49H2,(H,57,58,59). The van der Waals surface area contributed by atoms with E-state index in [0.717, 1.165) is 45.5 Å². The summed E-state index contributed by atoms with van der Waals surface area (Å²) in [6, 6.07) is 12.5. The molecule has 0 aromatic heterocycles. The summed E-state index contributed by atoms with van der Waals surface area (Å²) in [6.07, 6.45) is -4.49. The highest BCUT2D eigenvalue weighted by Crippen LogP contribution is 2.39. The summed E-state index contributed by atoms with van der Waals surface area (Å²) in [7, 11) is 11.5. The van der Waals surface area contributed by atoms with E-state index < -0.39 is 74.8 Å². The first-order valence-electron chi connectivity index (χ1n) is 21.7. The zero-order valence-electron chi connectivity index (χ0n) is 37.8. The normalized spacial score (nSPS) is 12.0. The first-order chi connectivity index (χ1) is 30.2. The van der Waals surface area contributed by atoms with Gasteiger partial charge in [-0.25, -0.2) is 19.2 Å². The molecule has 11 nitrogen and oxygen atoms in total. The second kappa shape index (κ2) is 22.3. The first-order valence-corrected chi connectivity index (χ1v) is 23.3. The molecule has 24 heteroatoms. The van der Waals surface area contributed by atoms with Crippen molar-refractivity contribution in [1.82, 2.24) is 0 Å². The van der Waals surface area contributed by atoms with Gasteiger partial charge in [0.05, 0.1) is 16.7 Å². The summed E-state index contributed by atoms with van der Waals surface area (Å²) in [5, 5.41) is 0. The van der Waals surface area contributed by atoms with Crippen molar-refractivity contribution >= 4 is 105 Å². The van der Waals surface area contributed by atoms with Crippen LogP contribution in [0.1, 0.15) is 91.5 Å². The number of alkyl halides is 3. The Hall–Kier alpha value is -4.96. The van der Waals surface area contributed by atoms with E-state index >= 15 is 0 Å². The number of halogens is 3. The maximum Gasteiger partial charge on any atom is 0.426 e. The molecule has 0 fully saturated rings. The van der Waals surface area contributed by atoms with Crippen molar-refractivity contribution in [3.8, 4) is 17.2 Å². The Kier molecular flexibility index (Phi) is 18.0. The number of esters is 4. The van der Waals surface area contributed by atoms with Gasteiger partial charge in [0.15, 0.2) is 11.5 Å². The van der Waals surface area contributed by atoms with Gasteiger partial charge in [0.1, 0.15) is 87.7 Å². The second-order valence-corrected chi connectivity index (χ2v) is 16.7. The topological polar surface area (TPSA) is 160 Å². The second-order valence-electron chi connectivity index (χ2n) is 15.2. The molecule has 1 atom stereocenters. The van der Waals surface area contributed by atoms with Crippen LogP contribution in [0.4, 0.5) is 13.2 Å². The monoisotopic (exact) mass is 892 g/mol. The summed E-state index contributed by atoms with van der Waals surface area (Å²) < 4.78 is 98.2. The van der Waals surface area contributed by atoms with Gasteiger partial charge >= 0.3 is 30.1 Å². The molecule has 0 aliphatic heterocycles. The molecule has 4 rings (SSSR count). The van der Waals surface area contributed by atoms with Crippen LogP contribution >= 0.6 is 0 Å². The molecule has 0 saturated carbocycles. The zero-order chi connectivity index (χ0) is 47.7. The van der Waals surface area contributed by atoms with Gasteiger partial charge in [-0.2, -0.15) is 21.6 Å². The predicted octanol–water partition coefficient (Wildman–Crippen LogP) is -2.48. The van der Waals surface area contributed by atoms with Crippen molar-refractivity contribution in [3.63, 3.8) is 0 Å². The minimum absolute atomic E-state index is 0.0747. The fourth-order valence-electron chi connectivity index (χ4n) is 7.79. The molecule has 0 radical (unpaired) electrons. The molecule has 0 amide bonds. The average Bonchev–Trinajstić information content (AvgIpc) is 3.25. The van der Waals surface area contributed by atoms with E-state index in [-0.39, 0.29) is 16.7 Å². The van der Waals surface area contributed by atoms with Crippen LogP contribution in [0.3, 0.4) is 0 Å². The fourth-order valence-corrected chi connectivity index (χ4v) is 8.42. The lowest BCUT2D eigenvalue weighted by molar-refractivity contribution is -0.197. The Labute approximate surface area is 380 Å². The van der Waals surface area contributed by atoms with Gasteiger partial charge in [-0.3, -0.25) is 4.55 Å². The molecule has 0 spiro atoms. The van der Waals surface area contributed by atoms with E-state index in [2.05, 4.69) is 0 Å². The van der Waals surface area contributed by atoms with Crippen molar-refractivity contribution < 1.29 is 64.3 Å². The van der Waals surface area contributed by atoms with E-state index in [1.807, 2.05) is 88.8 Å². The average molecular weight is 891 g/mol. The molecular formula is C40H48B9F3O11S. The number of carbonyl (C=O) groups excluding carboxylic acids is 4. The Morgan fingerprint density at radius 1 is 0.516 bits per heavy atom. The van der Waals surface area contributed by atoms with E-state index in [1.54, 1.807) is 18.2 Å². The Bertz CT molecular complexity index is 2440. The summed E-state index contributed by atoms with van der Waals surface area (Å²) in [5.41, 5.74) is 6.12. The number of rotatable bonds is 19. The highest BCUT2D eigenvalue weighted by atomic mass is 32.2. The Morgan fingerprint density at radius 3 is 1.14 bits per heavy atom. The molecule has 64 heavy (non-hydrogen) atoms. The van der Waals surface area contributed by atoms with Gasteiger partial charge in [-0.1, -0.05) is 108 Å². The van der Waals surface area contributed by atoms with Gasteiger partial charge in [-0.05, 0) is 34.9 Å². The van der Waals surface area contributed by atoms with Crippen LogP contribution < -0.4 is 14.2 Å². The first kappa shape index (κ1) is 51.7. The molecule has 1 unspecified atom stereocenters. The molecule has 0 heterocycles. The van der Waals surface area contributed by atoms with Crippen LogP contribution in [0.5, 0.6) is 17.2 Å². The maximum absolute atomic E-state index is 14.4. The van der Waals surface area contributed by atoms with Crippen LogP contribution in [-0.4, -0.2) is 125 Å². The van der Waals surface area contributed by atoms with E-state index in [4.69, 9.17) is 18.9 Å². The van der Waals surface area contributed by atoms with Crippen LogP contribution in [0, 0.1) is 0 Å². The minimum Gasteiger partial charge on any atom is -0.448 e. The van der Waals surface area contributed by atoms with Crippen molar-refractivity contribution in [3.05, 3.63) is 121 Å². The smallest absolute Gasteiger partial charge is 0.426 e. The summed E-state index contributed by atoms with van der Waals surface area (Å²) in [4.78, 5) is 57.1. The molecule has 0 aliphatic carbocycles. The summed E-state index contributed by atoms with van der Waals surface area (Å²) in [5.74, 6) is -9.11. The molecule has 4 aromatic rings. The van der Waals surface area contributed by atoms with Crippen LogP contribution in [0.25, 0.3) is 0 Å². The molecule has 0 saturated heterocycles. The van der Waals surface area contributed by atoms with E-state index in [9.17, 15) is 45.3 Å². The van der Waals surface area contributed by atoms with Gasteiger partial charge in [0.25, 0.3) is 10.1 Å². The summed E-state index contributed by atoms with van der Waals surface area (Å²) in [6.45, 7) is 0. The maximum atomic E-state index is 14.4. The third kappa shape index (κ3) is 12.4. The Balaban J connectivity index is 2.08.